The number of benzene rings is 1. The van der Waals surface area contributed by atoms with Gasteiger partial charge in [0, 0.05) is 6.54 Å². The Balaban J connectivity index is 2.56. The molecule has 0 aliphatic carbocycles. The van der Waals surface area contributed by atoms with Crippen LogP contribution < -0.4 is 19.9 Å². The highest BCUT2D eigenvalue weighted by Crippen LogP contribution is 2.43. The fraction of sp³-hybridized carbons (Fsp3) is 0.308. The molecule has 19 heavy (non-hydrogen) atoms. The Morgan fingerprint density at radius 1 is 1.11 bits per heavy atom. The lowest BCUT2D eigenvalue weighted by atomic mass is 10.1. The van der Waals surface area contributed by atoms with Crippen molar-refractivity contribution >= 4 is 0 Å². The topological polar surface area (TPSA) is 79.7 Å². The zero-order chi connectivity index (χ0) is 13.8. The summed E-state index contributed by atoms with van der Waals surface area (Å²) in [4.78, 5) is 4.27. The molecule has 0 bridgehead atoms. The molecule has 1 heterocycles. The summed E-state index contributed by atoms with van der Waals surface area (Å²) in [5.74, 6) is 2.01. The number of methoxy groups -OCH3 is 3. The van der Waals surface area contributed by atoms with Crippen molar-refractivity contribution in [1.82, 2.24) is 4.98 Å². The van der Waals surface area contributed by atoms with Crippen LogP contribution in [0.5, 0.6) is 17.2 Å². The van der Waals surface area contributed by atoms with Crippen molar-refractivity contribution in [2.24, 2.45) is 5.73 Å². The Morgan fingerprint density at radius 3 is 2.37 bits per heavy atom. The van der Waals surface area contributed by atoms with Gasteiger partial charge in [-0.3, -0.25) is 0 Å². The summed E-state index contributed by atoms with van der Waals surface area (Å²) in [5, 5.41) is 0. The number of ether oxygens (including phenoxy) is 3. The molecular formula is C13H16N2O4. The zero-order valence-electron chi connectivity index (χ0n) is 11.1. The Hall–Kier alpha value is -2.21. The van der Waals surface area contributed by atoms with Crippen LogP contribution in [-0.2, 0) is 6.54 Å². The molecule has 2 N–H and O–H groups in total. The van der Waals surface area contributed by atoms with Gasteiger partial charge in [-0.15, -0.1) is 0 Å². The number of rotatable bonds is 5. The highest BCUT2D eigenvalue weighted by Gasteiger charge is 2.19. The largest absolute Gasteiger partial charge is 0.493 e. The van der Waals surface area contributed by atoms with Crippen LogP contribution in [0.3, 0.4) is 0 Å². The molecule has 0 unspecified atom stereocenters. The van der Waals surface area contributed by atoms with Crippen molar-refractivity contribution in [2.75, 3.05) is 21.3 Å². The monoisotopic (exact) mass is 264 g/mol. The second-order valence-corrected chi connectivity index (χ2v) is 3.73. The molecular weight excluding hydrogens is 248 g/mol. The van der Waals surface area contributed by atoms with Crippen molar-refractivity contribution in [3.63, 3.8) is 0 Å². The first-order valence-corrected chi connectivity index (χ1v) is 5.69. The Bertz CT molecular complexity index is 566. The summed E-state index contributed by atoms with van der Waals surface area (Å²) in [6.45, 7) is 0.319. The smallest absolute Gasteiger partial charge is 0.230 e. The van der Waals surface area contributed by atoms with Gasteiger partial charge in [0.1, 0.15) is 6.26 Å². The van der Waals surface area contributed by atoms with Crippen LogP contribution in [-0.4, -0.2) is 26.3 Å². The molecule has 1 aromatic heterocycles. The van der Waals surface area contributed by atoms with E-state index in [1.165, 1.54) is 6.26 Å². The number of nitrogens with two attached hydrogens (primary N) is 1. The lowest BCUT2D eigenvalue weighted by Crippen LogP contribution is -1.98. The fourth-order valence-corrected chi connectivity index (χ4v) is 1.79. The predicted octanol–water partition coefficient (Wildman–Crippen LogP) is 1.83. The maximum absolute atomic E-state index is 5.52. The summed E-state index contributed by atoms with van der Waals surface area (Å²) < 4.78 is 21.3. The molecule has 0 fully saturated rings. The minimum absolute atomic E-state index is 0.319. The third kappa shape index (κ3) is 2.34. The van der Waals surface area contributed by atoms with Crippen LogP contribution in [0, 0.1) is 0 Å². The quantitative estimate of drug-likeness (QED) is 0.887. The van der Waals surface area contributed by atoms with Crippen molar-refractivity contribution in [1.29, 1.82) is 0 Å². The van der Waals surface area contributed by atoms with E-state index in [9.17, 15) is 0 Å². The molecule has 0 spiro atoms. The first kappa shape index (κ1) is 13.2. The third-order valence-electron chi connectivity index (χ3n) is 2.70. The molecule has 0 atom stereocenters. The van der Waals surface area contributed by atoms with Crippen LogP contribution in [0.15, 0.2) is 22.8 Å². The number of hydrogen-bond acceptors (Lipinski definition) is 6. The summed E-state index contributed by atoms with van der Waals surface area (Å²) in [6.07, 6.45) is 1.52. The highest BCUT2D eigenvalue weighted by molar-refractivity contribution is 5.71. The molecule has 2 aromatic rings. The molecule has 102 valence electrons. The van der Waals surface area contributed by atoms with E-state index in [2.05, 4.69) is 4.98 Å². The van der Waals surface area contributed by atoms with Crippen LogP contribution in [0.1, 0.15) is 5.69 Å². The minimum atomic E-state index is 0.319. The van der Waals surface area contributed by atoms with Gasteiger partial charge in [0.15, 0.2) is 11.5 Å². The lowest BCUT2D eigenvalue weighted by molar-refractivity contribution is 0.324. The predicted molar refractivity (Wildman–Crippen MR) is 69.5 cm³/mol. The lowest BCUT2D eigenvalue weighted by Gasteiger charge is -2.14. The number of aromatic nitrogens is 1. The molecule has 6 nitrogen and oxygen atoms in total. The fourth-order valence-electron chi connectivity index (χ4n) is 1.79. The average Bonchev–Trinajstić information content (AvgIpc) is 2.94. The number of hydrogen-bond donors (Lipinski definition) is 1. The molecule has 6 heteroatoms. The van der Waals surface area contributed by atoms with Gasteiger partial charge in [-0.05, 0) is 12.1 Å². The van der Waals surface area contributed by atoms with Crippen molar-refractivity contribution in [3.8, 4) is 28.7 Å². The maximum Gasteiger partial charge on any atom is 0.230 e. The Morgan fingerprint density at radius 2 is 1.84 bits per heavy atom. The summed E-state index contributed by atoms with van der Waals surface area (Å²) in [7, 11) is 4.66. The second-order valence-electron chi connectivity index (χ2n) is 3.73. The average molecular weight is 264 g/mol. The highest BCUT2D eigenvalue weighted by atomic mass is 16.5. The molecule has 0 saturated heterocycles. The standard InChI is InChI=1S/C13H16N2O4/c1-16-10-5-4-9(11(17-2)12(10)18-3)13-15-8(6-14)7-19-13/h4-5,7H,6,14H2,1-3H3. The second kappa shape index (κ2) is 5.62. The van der Waals surface area contributed by atoms with Crippen molar-refractivity contribution < 1.29 is 18.6 Å². The first-order valence-electron chi connectivity index (χ1n) is 5.69. The third-order valence-corrected chi connectivity index (χ3v) is 2.70. The maximum atomic E-state index is 5.52. The van der Waals surface area contributed by atoms with Gasteiger partial charge in [-0.1, -0.05) is 0 Å². The summed E-state index contributed by atoms with van der Waals surface area (Å²) >= 11 is 0. The Labute approximate surface area is 111 Å². The number of nitrogens with zero attached hydrogens (tertiary/aromatic N) is 1. The van der Waals surface area contributed by atoms with Crippen LogP contribution >= 0.6 is 0 Å². The normalized spacial score (nSPS) is 10.3. The van der Waals surface area contributed by atoms with E-state index in [1.54, 1.807) is 33.5 Å². The van der Waals surface area contributed by atoms with Gasteiger partial charge in [0.05, 0.1) is 32.6 Å². The summed E-state index contributed by atoms with van der Waals surface area (Å²) in [5.41, 5.74) is 6.87. The molecule has 2 rings (SSSR count). The van der Waals surface area contributed by atoms with Gasteiger partial charge in [-0.2, -0.15) is 0 Å². The van der Waals surface area contributed by atoms with E-state index in [-0.39, 0.29) is 0 Å². The van der Waals surface area contributed by atoms with E-state index < -0.39 is 0 Å². The molecule has 0 radical (unpaired) electrons. The van der Waals surface area contributed by atoms with Gasteiger partial charge >= 0.3 is 0 Å². The van der Waals surface area contributed by atoms with E-state index in [4.69, 9.17) is 24.4 Å². The first-order chi connectivity index (χ1) is 9.24. The van der Waals surface area contributed by atoms with E-state index in [0.29, 0.717) is 40.9 Å². The zero-order valence-corrected chi connectivity index (χ0v) is 11.1. The molecule has 0 amide bonds. The van der Waals surface area contributed by atoms with Crippen LogP contribution in [0.4, 0.5) is 0 Å². The van der Waals surface area contributed by atoms with E-state index in [1.807, 2.05) is 0 Å². The van der Waals surface area contributed by atoms with E-state index in [0.717, 1.165) is 0 Å². The SMILES string of the molecule is COc1ccc(-c2nc(CN)co2)c(OC)c1OC. The van der Waals surface area contributed by atoms with Crippen molar-refractivity contribution in [3.05, 3.63) is 24.1 Å². The van der Waals surface area contributed by atoms with Gasteiger partial charge in [0.2, 0.25) is 11.6 Å². The van der Waals surface area contributed by atoms with Gasteiger partial charge < -0.3 is 24.4 Å². The molecule has 0 aliphatic rings. The van der Waals surface area contributed by atoms with Gasteiger partial charge in [-0.25, -0.2) is 4.98 Å². The number of oxazole rings is 1. The molecule has 0 saturated carbocycles. The Kier molecular flexibility index (Phi) is 3.91. The van der Waals surface area contributed by atoms with E-state index >= 15 is 0 Å². The molecule has 0 aliphatic heterocycles. The summed E-state index contributed by atoms with van der Waals surface area (Å²) in [6, 6.07) is 3.56. The van der Waals surface area contributed by atoms with Gasteiger partial charge in [0.25, 0.3) is 0 Å². The molecule has 1 aromatic carbocycles. The minimum Gasteiger partial charge on any atom is -0.493 e. The van der Waals surface area contributed by atoms with Crippen LogP contribution in [0.2, 0.25) is 0 Å². The van der Waals surface area contributed by atoms with Crippen LogP contribution in [0.25, 0.3) is 11.5 Å². The van der Waals surface area contributed by atoms with Crippen molar-refractivity contribution in [2.45, 2.75) is 6.54 Å².